The fourth-order valence-corrected chi connectivity index (χ4v) is 1.30. The predicted octanol–water partition coefficient (Wildman–Crippen LogP) is 2.06. The van der Waals surface area contributed by atoms with Crippen LogP contribution in [-0.2, 0) is 4.84 Å². The minimum atomic E-state index is -0.515. The number of rotatable bonds is 4. The topological polar surface area (TPSA) is 38.3 Å². The number of carbonyl (C=O) groups excluding carboxylic acids is 1. The summed E-state index contributed by atoms with van der Waals surface area (Å²) in [4.78, 5) is 16.6. The van der Waals surface area contributed by atoms with Crippen molar-refractivity contribution in [3.63, 3.8) is 0 Å². The Morgan fingerprint density at radius 1 is 1.57 bits per heavy atom. The lowest BCUT2D eigenvalue weighted by molar-refractivity contribution is 0.00557. The lowest BCUT2D eigenvalue weighted by atomic mass is 10.1. The SMILES string of the molecule is CNOC(C)C(=O)c1cccc(Cl)c1. The molecule has 0 aliphatic carbocycles. The van der Waals surface area contributed by atoms with Crippen molar-refractivity contribution in [3.05, 3.63) is 34.9 Å². The largest absolute Gasteiger partial charge is 0.291 e. The van der Waals surface area contributed by atoms with Crippen molar-refractivity contribution in [2.75, 3.05) is 7.05 Å². The number of benzene rings is 1. The van der Waals surface area contributed by atoms with E-state index in [1.807, 2.05) is 0 Å². The molecule has 0 saturated heterocycles. The summed E-state index contributed by atoms with van der Waals surface area (Å²) in [6, 6.07) is 6.80. The van der Waals surface area contributed by atoms with Gasteiger partial charge in [-0.2, -0.15) is 0 Å². The molecule has 0 amide bonds. The molecule has 0 spiro atoms. The Balaban J connectivity index is 2.78. The normalized spacial score (nSPS) is 12.5. The first-order valence-electron chi connectivity index (χ1n) is 4.27. The molecule has 1 N–H and O–H groups in total. The van der Waals surface area contributed by atoms with Gasteiger partial charge in [0.05, 0.1) is 0 Å². The number of carbonyl (C=O) groups is 1. The molecule has 0 aliphatic rings. The van der Waals surface area contributed by atoms with Crippen molar-refractivity contribution >= 4 is 17.4 Å². The monoisotopic (exact) mass is 213 g/mol. The number of halogens is 1. The first-order chi connectivity index (χ1) is 6.65. The van der Waals surface area contributed by atoms with Crippen LogP contribution in [0.4, 0.5) is 0 Å². The van der Waals surface area contributed by atoms with Gasteiger partial charge in [-0.25, -0.2) is 5.48 Å². The summed E-state index contributed by atoms with van der Waals surface area (Å²) < 4.78 is 0. The molecule has 14 heavy (non-hydrogen) atoms. The number of hydrogen-bond donors (Lipinski definition) is 1. The average Bonchev–Trinajstić information content (AvgIpc) is 2.17. The van der Waals surface area contributed by atoms with Gasteiger partial charge in [0.2, 0.25) is 0 Å². The van der Waals surface area contributed by atoms with E-state index in [9.17, 15) is 4.79 Å². The smallest absolute Gasteiger partial charge is 0.193 e. The lowest BCUT2D eigenvalue weighted by Gasteiger charge is -2.09. The fraction of sp³-hybridized carbons (Fsp3) is 0.300. The van der Waals surface area contributed by atoms with Crippen LogP contribution in [0.3, 0.4) is 0 Å². The summed E-state index contributed by atoms with van der Waals surface area (Å²) in [6.45, 7) is 1.68. The van der Waals surface area contributed by atoms with Crippen LogP contribution in [0.5, 0.6) is 0 Å². The quantitative estimate of drug-likeness (QED) is 0.615. The second-order valence-electron chi connectivity index (χ2n) is 2.84. The highest BCUT2D eigenvalue weighted by Gasteiger charge is 2.15. The maximum Gasteiger partial charge on any atom is 0.193 e. The number of nitrogens with one attached hydrogen (secondary N) is 1. The van der Waals surface area contributed by atoms with Crippen LogP contribution in [0, 0.1) is 0 Å². The molecule has 3 nitrogen and oxygen atoms in total. The molecular formula is C10H12ClNO2. The van der Waals surface area contributed by atoms with Crippen molar-refractivity contribution < 1.29 is 9.63 Å². The summed E-state index contributed by atoms with van der Waals surface area (Å²) in [6.07, 6.45) is -0.515. The van der Waals surface area contributed by atoms with Crippen LogP contribution in [0.2, 0.25) is 5.02 Å². The van der Waals surface area contributed by atoms with E-state index in [2.05, 4.69) is 5.48 Å². The Hall–Kier alpha value is -0.900. The lowest BCUT2D eigenvalue weighted by Crippen LogP contribution is -2.26. The van der Waals surface area contributed by atoms with Gasteiger partial charge in [-0.05, 0) is 19.1 Å². The van der Waals surface area contributed by atoms with Crippen molar-refractivity contribution in [1.82, 2.24) is 5.48 Å². The van der Waals surface area contributed by atoms with Crippen LogP contribution >= 0.6 is 11.6 Å². The van der Waals surface area contributed by atoms with Crippen molar-refractivity contribution in [1.29, 1.82) is 0 Å². The van der Waals surface area contributed by atoms with E-state index in [-0.39, 0.29) is 5.78 Å². The van der Waals surface area contributed by atoms with E-state index in [1.54, 1.807) is 38.2 Å². The zero-order chi connectivity index (χ0) is 10.6. The fourth-order valence-electron chi connectivity index (χ4n) is 1.11. The number of Topliss-reactive ketones (excluding diaryl/α,β-unsaturated/α-hetero) is 1. The van der Waals surface area contributed by atoms with Gasteiger partial charge >= 0.3 is 0 Å². The molecule has 1 atom stereocenters. The molecule has 0 aromatic heterocycles. The second kappa shape index (κ2) is 5.10. The van der Waals surface area contributed by atoms with Crippen LogP contribution in [0.25, 0.3) is 0 Å². The Morgan fingerprint density at radius 2 is 2.29 bits per heavy atom. The maximum absolute atomic E-state index is 11.7. The Kier molecular flexibility index (Phi) is 4.07. The van der Waals surface area contributed by atoms with Crippen LogP contribution in [0.1, 0.15) is 17.3 Å². The van der Waals surface area contributed by atoms with Gasteiger partial charge in [-0.1, -0.05) is 23.7 Å². The molecule has 0 aliphatic heterocycles. The molecule has 1 unspecified atom stereocenters. The zero-order valence-electron chi connectivity index (χ0n) is 8.08. The van der Waals surface area contributed by atoms with Gasteiger partial charge in [0.15, 0.2) is 5.78 Å². The molecular weight excluding hydrogens is 202 g/mol. The van der Waals surface area contributed by atoms with Crippen molar-refractivity contribution in [2.45, 2.75) is 13.0 Å². The summed E-state index contributed by atoms with van der Waals surface area (Å²) >= 11 is 5.76. The minimum Gasteiger partial charge on any atom is -0.291 e. The predicted molar refractivity (Wildman–Crippen MR) is 55.4 cm³/mol. The molecule has 0 heterocycles. The van der Waals surface area contributed by atoms with Crippen molar-refractivity contribution in [2.24, 2.45) is 0 Å². The third-order valence-electron chi connectivity index (χ3n) is 1.77. The molecule has 1 aromatic rings. The Labute approximate surface area is 88.0 Å². The van der Waals surface area contributed by atoms with Gasteiger partial charge in [-0.15, -0.1) is 0 Å². The van der Waals surface area contributed by atoms with E-state index in [0.29, 0.717) is 10.6 Å². The molecule has 1 aromatic carbocycles. The minimum absolute atomic E-state index is 0.0955. The first-order valence-corrected chi connectivity index (χ1v) is 4.65. The molecule has 76 valence electrons. The third-order valence-corrected chi connectivity index (χ3v) is 2.01. The molecule has 0 bridgehead atoms. The van der Waals surface area contributed by atoms with Gasteiger partial charge in [0, 0.05) is 17.6 Å². The van der Waals surface area contributed by atoms with E-state index < -0.39 is 6.10 Å². The standard InChI is InChI=1S/C10H12ClNO2/c1-7(14-12-2)10(13)8-4-3-5-9(11)6-8/h3-7,12H,1-2H3. The van der Waals surface area contributed by atoms with E-state index in [0.717, 1.165) is 0 Å². The van der Waals surface area contributed by atoms with Crippen LogP contribution in [-0.4, -0.2) is 18.9 Å². The molecule has 0 saturated carbocycles. The summed E-state index contributed by atoms with van der Waals surface area (Å²) in [5, 5.41) is 0.549. The van der Waals surface area contributed by atoms with Gasteiger partial charge in [0.25, 0.3) is 0 Å². The molecule has 0 fully saturated rings. The van der Waals surface area contributed by atoms with Crippen molar-refractivity contribution in [3.8, 4) is 0 Å². The highest BCUT2D eigenvalue weighted by molar-refractivity contribution is 6.31. The van der Waals surface area contributed by atoms with Gasteiger partial charge in [-0.3, -0.25) is 9.63 Å². The van der Waals surface area contributed by atoms with Gasteiger partial charge < -0.3 is 0 Å². The first kappa shape index (κ1) is 11.2. The number of hydroxylamine groups is 1. The highest BCUT2D eigenvalue weighted by atomic mass is 35.5. The Bertz CT molecular complexity index is 328. The highest BCUT2D eigenvalue weighted by Crippen LogP contribution is 2.12. The Morgan fingerprint density at radius 3 is 2.86 bits per heavy atom. The second-order valence-corrected chi connectivity index (χ2v) is 3.28. The number of ketones is 1. The van der Waals surface area contributed by atoms with Gasteiger partial charge in [0.1, 0.15) is 6.10 Å². The summed E-state index contributed by atoms with van der Waals surface area (Å²) in [7, 11) is 1.61. The van der Waals surface area contributed by atoms with E-state index in [4.69, 9.17) is 16.4 Å². The summed E-state index contributed by atoms with van der Waals surface area (Å²) in [5.41, 5.74) is 3.03. The van der Waals surface area contributed by atoms with E-state index >= 15 is 0 Å². The third kappa shape index (κ3) is 2.80. The van der Waals surface area contributed by atoms with E-state index in [1.165, 1.54) is 0 Å². The molecule has 1 rings (SSSR count). The number of hydrogen-bond acceptors (Lipinski definition) is 3. The molecule has 4 heteroatoms. The zero-order valence-corrected chi connectivity index (χ0v) is 8.84. The van der Waals surface area contributed by atoms with Crippen LogP contribution < -0.4 is 5.48 Å². The van der Waals surface area contributed by atoms with Crippen LogP contribution in [0.15, 0.2) is 24.3 Å². The summed E-state index contributed by atoms with van der Waals surface area (Å²) in [5.74, 6) is -0.0955. The average molecular weight is 214 g/mol. The molecule has 0 radical (unpaired) electrons. The maximum atomic E-state index is 11.7.